The molecule has 0 aromatic rings. The van der Waals surface area contributed by atoms with Gasteiger partial charge < -0.3 is 9.84 Å². The Labute approximate surface area is 81.1 Å². The van der Waals surface area contributed by atoms with Crippen molar-refractivity contribution in [3.63, 3.8) is 0 Å². The molecule has 82 valence electrons. The topological polar surface area (TPSA) is 46.5 Å². The van der Waals surface area contributed by atoms with Gasteiger partial charge in [-0.25, -0.2) is 8.78 Å². The zero-order valence-electron chi connectivity index (χ0n) is 8.22. The maximum atomic E-state index is 13.2. The average molecular weight is 208 g/mol. The fraction of sp³-hybridized carbons (Fsp3) is 0.889. The highest BCUT2D eigenvalue weighted by Crippen LogP contribution is 2.68. The predicted molar refractivity (Wildman–Crippen MR) is 44.9 cm³/mol. The normalized spacial score (nSPS) is 33.9. The highest BCUT2D eigenvalue weighted by molar-refractivity contribution is 5.71. The van der Waals surface area contributed by atoms with Gasteiger partial charge >= 0.3 is 5.97 Å². The molecule has 0 aromatic carbocycles. The molecule has 0 aliphatic heterocycles. The third-order valence-corrected chi connectivity index (χ3v) is 3.04. The van der Waals surface area contributed by atoms with Crippen molar-refractivity contribution in [1.29, 1.82) is 0 Å². The van der Waals surface area contributed by atoms with Gasteiger partial charge in [-0.3, -0.25) is 4.79 Å². The first kappa shape index (κ1) is 11.4. The molecule has 0 bridgehead atoms. The van der Waals surface area contributed by atoms with Crippen molar-refractivity contribution in [1.82, 2.24) is 0 Å². The van der Waals surface area contributed by atoms with Crippen LogP contribution in [0.2, 0.25) is 0 Å². The average Bonchev–Trinajstić information content (AvgIpc) is 2.50. The van der Waals surface area contributed by atoms with Crippen LogP contribution in [0, 0.1) is 11.3 Å². The van der Waals surface area contributed by atoms with Crippen molar-refractivity contribution in [3.8, 4) is 0 Å². The van der Waals surface area contributed by atoms with Crippen molar-refractivity contribution in [2.45, 2.75) is 25.7 Å². The summed E-state index contributed by atoms with van der Waals surface area (Å²) >= 11 is 0. The lowest BCUT2D eigenvalue weighted by Crippen LogP contribution is -2.14. The molecule has 0 amide bonds. The van der Waals surface area contributed by atoms with Gasteiger partial charge in [0.2, 0.25) is 0 Å². The minimum atomic E-state index is -2.86. The van der Waals surface area contributed by atoms with Gasteiger partial charge in [0.1, 0.15) is 0 Å². The quantitative estimate of drug-likeness (QED) is 0.706. The van der Waals surface area contributed by atoms with Crippen molar-refractivity contribution < 1.29 is 23.4 Å². The van der Waals surface area contributed by atoms with E-state index in [1.54, 1.807) is 0 Å². The number of alkyl halides is 2. The van der Waals surface area contributed by atoms with E-state index in [0.29, 0.717) is 0 Å². The van der Waals surface area contributed by atoms with Gasteiger partial charge in [-0.2, -0.15) is 0 Å². The largest absolute Gasteiger partial charge is 0.469 e. The third-order valence-electron chi connectivity index (χ3n) is 3.04. The lowest BCUT2D eigenvalue weighted by Gasteiger charge is -2.07. The number of ether oxygens (including phenoxy) is 1. The van der Waals surface area contributed by atoms with E-state index in [-0.39, 0.29) is 19.4 Å². The number of esters is 1. The molecule has 1 saturated carbocycles. The summed E-state index contributed by atoms with van der Waals surface area (Å²) < 4.78 is 30.8. The Morgan fingerprint density at radius 2 is 2.14 bits per heavy atom. The third kappa shape index (κ3) is 1.49. The van der Waals surface area contributed by atoms with Crippen LogP contribution in [0.25, 0.3) is 0 Å². The second kappa shape index (κ2) is 3.46. The van der Waals surface area contributed by atoms with Crippen LogP contribution in [0.15, 0.2) is 0 Å². The second-order valence-electron chi connectivity index (χ2n) is 3.86. The molecule has 0 saturated heterocycles. The summed E-state index contributed by atoms with van der Waals surface area (Å²) in [7, 11) is 1.17. The highest BCUT2D eigenvalue weighted by Gasteiger charge is 2.77. The predicted octanol–water partition coefficient (Wildman–Crippen LogP) is 1.20. The molecule has 1 rings (SSSR count). The lowest BCUT2D eigenvalue weighted by atomic mass is 10.0. The molecule has 5 heteroatoms. The van der Waals surface area contributed by atoms with Crippen LogP contribution in [-0.2, 0) is 9.53 Å². The molecule has 0 radical (unpaired) electrons. The van der Waals surface area contributed by atoms with Gasteiger partial charge in [-0.1, -0.05) is 6.92 Å². The molecule has 0 unspecified atom stereocenters. The summed E-state index contributed by atoms with van der Waals surface area (Å²) in [5.74, 6) is -4.39. The van der Waals surface area contributed by atoms with E-state index < -0.39 is 23.2 Å². The highest BCUT2D eigenvalue weighted by atomic mass is 19.3. The van der Waals surface area contributed by atoms with Gasteiger partial charge in [-0.05, 0) is 6.42 Å². The maximum Gasteiger partial charge on any atom is 0.306 e. The first-order valence-corrected chi connectivity index (χ1v) is 4.45. The first-order valence-electron chi connectivity index (χ1n) is 4.45. The zero-order valence-corrected chi connectivity index (χ0v) is 8.22. The summed E-state index contributed by atoms with van der Waals surface area (Å²) in [6.45, 7) is 1.07. The fourth-order valence-corrected chi connectivity index (χ4v) is 1.92. The van der Waals surface area contributed by atoms with E-state index in [1.807, 2.05) is 0 Å². The fourth-order valence-electron chi connectivity index (χ4n) is 1.92. The molecule has 0 heterocycles. The summed E-state index contributed by atoms with van der Waals surface area (Å²) in [4.78, 5) is 10.9. The minimum absolute atomic E-state index is 0.0283. The van der Waals surface area contributed by atoms with Gasteiger partial charge in [0.05, 0.1) is 18.9 Å². The van der Waals surface area contributed by atoms with Crippen LogP contribution in [0.4, 0.5) is 8.78 Å². The molecule has 1 N–H and O–H groups in total. The maximum absolute atomic E-state index is 13.2. The summed E-state index contributed by atoms with van der Waals surface area (Å²) in [5, 5.41) is 8.58. The Kier molecular flexibility index (Phi) is 2.81. The van der Waals surface area contributed by atoms with Gasteiger partial charge in [0.25, 0.3) is 5.92 Å². The smallest absolute Gasteiger partial charge is 0.306 e. The van der Waals surface area contributed by atoms with Crippen LogP contribution in [0.5, 0.6) is 0 Å². The minimum Gasteiger partial charge on any atom is -0.469 e. The van der Waals surface area contributed by atoms with Gasteiger partial charge in [0, 0.05) is 12.5 Å². The van der Waals surface area contributed by atoms with Crippen LogP contribution >= 0.6 is 0 Å². The first-order chi connectivity index (χ1) is 6.40. The van der Waals surface area contributed by atoms with Gasteiger partial charge in [-0.15, -0.1) is 0 Å². The Morgan fingerprint density at radius 3 is 2.57 bits per heavy atom. The summed E-state index contributed by atoms with van der Waals surface area (Å²) in [5.41, 5.74) is -1.33. The number of methoxy groups -OCH3 is 1. The molecule has 14 heavy (non-hydrogen) atoms. The number of aliphatic hydroxyl groups is 1. The monoisotopic (exact) mass is 208 g/mol. The molecule has 2 atom stereocenters. The standard InChI is InChI=1S/C9H14F2O3/c1-8(5-7(13)14-2)6(3-4-12)9(8,10)11/h6,12H,3-5H2,1-2H3/t6-,8+/m0/s1. The summed E-state index contributed by atoms with van der Waals surface area (Å²) in [6.07, 6.45) is -0.262. The number of carbonyl (C=O) groups excluding carboxylic acids is 1. The van der Waals surface area contributed by atoms with Crippen molar-refractivity contribution in [3.05, 3.63) is 0 Å². The van der Waals surface area contributed by atoms with E-state index in [2.05, 4.69) is 4.74 Å². The molecular weight excluding hydrogens is 194 g/mol. The number of hydrogen-bond acceptors (Lipinski definition) is 3. The zero-order chi connectivity index (χ0) is 11.0. The number of aliphatic hydroxyl groups excluding tert-OH is 1. The molecular formula is C9H14F2O3. The van der Waals surface area contributed by atoms with E-state index in [1.165, 1.54) is 14.0 Å². The van der Waals surface area contributed by atoms with Crippen molar-refractivity contribution in [2.75, 3.05) is 13.7 Å². The molecule has 1 fully saturated rings. The number of rotatable bonds is 4. The van der Waals surface area contributed by atoms with E-state index >= 15 is 0 Å². The molecule has 1 aliphatic carbocycles. The van der Waals surface area contributed by atoms with Crippen LogP contribution in [0.3, 0.4) is 0 Å². The van der Waals surface area contributed by atoms with E-state index in [4.69, 9.17) is 5.11 Å². The molecule has 3 nitrogen and oxygen atoms in total. The molecule has 0 spiro atoms. The number of hydrogen-bond donors (Lipinski definition) is 1. The number of carbonyl (C=O) groups is 1. The molecule has 1 aliphatic rings. The van der Waals surface area contributed by atoms with Crippen LogP contribution in [-0.4, -0.2) is 30.7 Å². The SMILES string of the molecule is COC(=O)C[C@]1(C)[C@H](CCO)C1(F)F. The molecule has 0 aromatic heterocycles. The van der Waals surface area contributed by atoms with Crippen LogP contribution in [0.1, 0.15) is 19.8 Å². The Hall–Kier alpha value is -0.710. The Bertz CT molecular complexity index is 242. The Morgan fingerprint density at radius 1 is 1.57 bits per heavy atom. The van der Waals surface area contributed by atoms with E-state index in [9.17, 15) is 13.6 Å². The lowest BCUT2D eigenvalue weighted by molar-refractivity contribution is -0.143. The van der Waals surface area contributed by atoms with Gasteiger partial charge in [0.15, 0.2) is 0 Å². The van der Waals surface area contributed by atoms with Crippen LogP contribution < -0.4 is 0 Å². The van der Waals surface area contributed by atoms with E-state index in [0.717, 1.165) is 0 Å². The van der Waals surface area contributed by atoms with Crippen molar-refractivity contribution in [2.24, 2.45) is 11.3 Å². The van der Waals surface area contributed by atoms with Crippen molar-refractivity contribution >= 4 is 5.97 Å². The number of halogens is 2. The second-order valence-corrected chi connectivity index (χ2v) is 3.86. The Balaban J connectivity index is 2.63. The summed E-state index contributed by atoms with van der Waals surface area (Å²) in [6, 6.07) is 0.